The molecule has 0 fully saturated rings. The Kier molecular flexibility index (Phi) is 5.63. The van der Waals surface area contributed by atoms with Gasteiger partial charge >= 0.3 is 6.18 Å². The molecule has 1 atom stereocenters. The number of aliphatic hydroxyl groups is 1. The zero-order valence-electron chi connectivity index (χ0n) is 16.4. The van der Waals surface area contributed by atoms with Crippen molar-refractivity contribution in [1.29, 1.82) is 5.26 Å². The molecule has 0 aliphatic rings. The number of nitriles is 1. The van der Waals surface area contributed by atoms with E-state index in [-0.39, 0.29) is 34.7 Å². The predicted octanol–water partition coefficient (Wildman–Crippen LogP) is 3.56. The monoisotopic (exact) mass is 437 g/mol. The van der Waals surface area contributed by atoms with E-state index in [2.05, 4.69) is 20.3 Å². The average Bonchev–Trinajstić information content (AvgIpc) is 3.08. The standard InChI is InChI=1S/C19H19F3N5O2P/c1-10(9-28)26-18-25-8-14(19(20,21)22)15(27-18)13-7-24-16-12(13)5-4-11(6-23)17(16)30(2,3)29/h4-5,7-8,10,24,28H,9H2,1-3H3,(H,25,26,27)/t10-/m0/s1. The largest absolute Gasteiger partial charge is 0.419 e. The van der Waals surface area contributed by atoms with Gasteiger partial charge in [-0.15, -0.1) is 0 Å². The van der Waals surface area contributed by atoms with Crippen LogP contribution >= 0.6 is 7.14 Å². The Morgan fingerprint density at radius 1 is 1.37 bits per heavy atom. The van der Waals surface area contributed by atoms with Crippen LogP contribution in [0.3, 0.4) is 0 Å². The third kappa shape index (κ3) is 4.04. The molecule has 0 saturated carbocycles. The van der Waals surface area contributed by atoms with Gasteiger partial charge in [-0.25, -0.2) is 9.97 Å². The van der Waals surface area contributed by atoms with Crippen LogP contribution in [0.25, 0.3) is 22.2 Å². The van der Waals surface area contributed by atoms with Crippen LogP contribution in [-0.2, 0) is 10.7 Å². The molecule has 0 spiro atoms. The Labute approximate surface area is 170 Å². The van der Waals surface area contributed by atoms with Gasteiger partial charge in [0.1, 0.15) is 12.7 Å². The summed E-state index contributed by atoms with van der Waals surface area (Å²) in [6, 6.07) is 4.47. The maximum Gasteiger partial charge on any atom is 0.419 e. The van der Waals surface area contributed by atoms with E-state index < -0.39 is 24.9 Å². The molecule has 3 aromatic rings. The van der Waals surface area contributed by atoms with Crippen LogP contribution in [0, 0.1) is 11.3 Å². The fourth-order valence-corrected chi connectivity index (χ4v) is 4.59. The molecule has 0 aliphatic heterocycles. The van der Waals surface area contributed by atoms with Gasteiger partial charge in [0.15, 0.2) is 0 Å². The highest BCUT2D eigenvalue weighted by Crippen LogP contribution is 2.42. The van der Waals surface area contributed by atoms with E-state index in [1.54, 1.807) is 6.92 Å². The number of alkyl halides is 3. The van der Waals surface area contributed by atoms with Crippen molar-refractivity contribution in [1.82, 2.24) is 15.0 Å². The zero-order valence-corrected chi connectivity index (χ0v) is 17.3. The van der Waals surface area contributed by atoms with E-state index in [1.807, 2.05) is 6.07 Å². The van der Waals surface area contributed by atoms with Gasteiger partial charge in [0.05, 0.1) is 34.8 Å². The van der Waals surface area contributed by atoms with Gasteiger partial charge in [-0.3, -0.25) is 0 Å². The van der Waals surface area contributed by atoms with Crippen LogP contribution in [0.4, 0.5) is 19.1 Å². The van der Waals surface area contributed by atoms with E-state index in [9.17, 15) is 28.1 Å². The Bertz CT molecular complexity index is 1190. The normalized spacial score (nSPS) is 13.3. The van der Waals surface area contributed by atoms with Crippen molar-refractivity contribution in [3.05, 3.63) is 35.7 Å². The molecule has 1 aromatic carbocycles. The quantitative estimate of drug-likeness (QED) is 0.526. The zero-order chi connectivity index (χ0) is 22.3. The van der Waals surface area contributed by atoms with Crippen LogP contribution in [0.5, 0.6) is 0 Å². The Morgan fingerprint density at radius 2 is 2.07 bits per heavy atom. The number of rotatable bonds is 5. The number of nitrogens with zero attached hydrogens (tertiary/aromatic N) is 3. The van der Waals surface area contributed by atoms with Gasteiger partial charge in [-0.2, -0.15) is 18.4 Å². The van der Waals surface area contributed by atoms with Gasteiger partial charge in [0, 0.05) is 29.4 Å². The molecule has 0 radical (unpaired) electrons. The smallest absolute Gasteiger partial charge is 0.394 e. The molecule has 3 rings (SSSR count). The molecular formula is C19H19F3N5O2P. The SMILES string of the molecule is C[C@@H](CO)Nc1ncc(C(F)(F)F)c(-c2c[nH]c3c(P(C)(C)=O)c(C#N)ccc23)n1. The lowest BCUT2D eigenvalue weighted by atomic mass is 10.0. The number of hydrogen-bond acceptors (Lipinski definition) is 6. The lowest BCUT2D eigenvalue weighted by molar-refractivity contribution is -0.137. The number of anilines is 1. The van der Waals surface area contributed by atoms with Crippen LogP contribution in [0.1, 0.15) is 18.1 Å². The van der Waals surface area contributed by atoms with Gasteiger partial charge in [0.25, 0.3) is 0 Å². The molecule has 2 aromatic heterocycles. The maximum absolute atomic E-state index is 13.6. The summed E-state index contributed by atoms with van der Waals surface area (Å²) in [6.45, 7) is 4.36. The number of hydrogen-bond donors (Lipinski definition) is 3. The maximum atomic E-state index is 13.6. The summed E-state index contributed by atoms with van der Waals surface area (Å²) >= 11 is 0. The molecule has 0 aliphatic carbocycles. The molecule has 0 amide bonds. The number of benzene rings is 1. The highest BCUT2D eigenvalue weighted by molar-refractivity contribution is 7.70. The third-order valence-electron chi connectivity index (χ3n) is 4.49. The fourth-order valence-electron chi connectivity index (χ4n) is 3.16. The minimum Gasteiger partial charge on any atom is -0.394 e. The number of fused-ring (bicyclic) bond motifs is 1. The van der Waals surface area contributed by atoms with Crippen molar-refractivity contribution >= 4 is 29.3 Å². The first-order chi connectivity index (χ1) is 14.0. The first kappa shape index (κ1) is 21.8. The summed E-state index contributed by atoms with van der Waals surface area (Å²) in [5.41, 5.74) is -0.732. The van der Waals surface area contributed by atoms with E-state index in [1.165, 1.54) is 31.7 Å². The molecule has 158 valence electrons. The van der Waals surface area contributed by atoms with Crippen molar-refractivity contribution < 1.29 is 22.8 Å². The van der Waals surface area contributed by atoms with Crippen LogP contribution in [0.2, 0.25) is 0 Å². The second kappa shape index (κ2) is 7.74. The Morgan fingerprint density at radius 3 is 2.63 bits per heavy atom. The minimum absolute atomic E-state index is 0.0700. The number of H-pyrrole nitrogens is 1. The predicted molar refractivity (Wildman–Crippen MR) is 108 cm³/mol. The first-order valence-corrected chi connectivity index (χ1v) is 11.5. The average molecular weight is 437 g/mol. The minimum atomic E-state index is -4.71. The fraction of sp³-hybridized carbons (Fsp3) is 0.316. The summed E-state index contributed by atoms with van der Waals surface area (Å²) in [4.78, 5) is 10.6. The number of aromatic nitrogens is 3. The van der Waals surface area contributed by atoms with Gasteiger partial charge in [-0.1, -0.05) is 6.07 Å². The van der Waals surface area contributed by atoms with Gasteiger partial charge in [0.2, 0.25) is 5.95 Å². The molecule has 11 heteroatoms. The summed E-state index contributed by atoms with van der Waals surface area (Å²) < 4.78 is 53.7. The van der Waals surface area contributed by atoms with Crippen molar-refractivity contribution in [2.75, 3.05) is 25.3 Å². The number of halogens is 3. The lowest BCUT2D eigenvalue weighted by Gasteiger charge is -2.15. The van der Waals surface area contributed by atoms with Crippen LogP contribution < -0.4 is 10.6 Å². The molecule has 0 saturated heterocycles. The Balaban J connectivity index is 2.31. The highest BCUT2D eigenvalue weighted by atomic mass is 31.2. The third-order valence-corrected chi connectivity index (χ3v) is 6.03. The highest BCUT2D eigenvalue weighted by Gasteiger charge is 2.36. The van der Waals surface area contributed by atoms with E-state index >= 15 is 0 Å². The van der Waals surface area contributed by atoms with E-state index in [0.717, 1.165) is 0 Å². The van der Waals surface area contributed by atoms with Gasteiger partial charge in [-0.05, 0) is 26.3 Å². The summed E-state index contributed by atoms with van der Waals surface area (Å²) in [7, 11) is -2.92. The number of aromatic amines is 1. The molecular weight excluding hydrogens is 418 g/mol. The van der Waals surface area contributed by atoms with Crippen molar-refractivity contribution in [2.24, 2.45) is 0 Å². The number of nitrogens with one attached hydrogen (secondary N) is 2. The van der Waals surface area contributed by atoms with Crippen LogP contribution in [0.15, 0.2) is 24.5 Å². The number of aliphatic hydroxyl groups excluding tert-OH is 1. The summed E-state index contributed by atoms with van der Waals surface area (Å²) in [5, 5.41) is 21.9. The lowest BCUT2D eigenvalue weighted by Crippen LogP contribution is -2.21. The molecule has 0 bridgehead atoms. The second-order valence-corrected chi connectivity index (χ2v) is 10.4. The summed E-state index contributed by atoms with van der Waals surface area (Å²) in [6.07, 6.45) is -2.68. The van der Waals surface area contributed by atoms with Crippen molar-refractivity contribution in [2.45, 2.75) is 19.1 Å². The molecule has 30 heavy (non-hydrogen) atoms. The second-order valence-electron chi connectivity index (χ2n) is 7.23. The summed E-state index contributed by atoms with van der Waals surface area (Å²) in [5.74, 6) is -0.0700. The first-order valence-electron chi connectivity index (χ1n) is 8.89. The molecule has 0 unspecified atom stereocenters. The topological polar surface area (TPSA) is 115 Å². The molecule has 2 heterocycles. The van der Waals surface area contributed by atoms with Gasteiger partial charge < -0.3 is 20.0 Å². The van der Waals surface area contributed by atoms with Crippen molar-refractivity contribution in [3.63, 3.8) is 0 Å². The van der Waals surface area contributed by atoms with Crippen LogP contribution in [-0.4, -0.2) is 46.0 Å². The van der Waals surface area contributed by atoms with E-state index in [4.69, 9.17) is 0 Å². The van der Waals surface area contributed by atoms with E-state index in [0.29, 0.717) is 17.1 Å². The van der Waals surface area contributed by atoms with Crippen molar-refractivity contribution in [3.8, 4) is 17.3 Å². The molecule has 3 N–H and O–H groups in total. The molecule has 7 nitrogen and oxygen atoms in total. The Hall–Kier alpha value is -2.89.